The first kappa shape index (κ1) is 12.0. The minimum atomic E-state index is 0.105. The van der Waals surface area contributed by atoms with Gasteiger partial charge in [0.15, 0.2) is 0 Å². The number of rotatable bonds is 3. The molecule has 2 aromatic carbocycles. The summed E-state index contributed by atoms with van der Waals surface area (Å²) in [6.07, 6.45) is 0. The molecule has 0 radical (unpaired) electrons. The topological polar surface area (TPSA) is 20.2 Å². The maximum atomic E-state index is 8.95. The van der Waals surface area contributed by atoms with Crippen LogP contribution in [0.2, 0.25) is 0 Å². The molecule has 0 aliphatic rings. The molecule has 0 saturated carbocycles. The Bertz CT molecular complexity index is 468. The lowest BCUT2D eigenvalue weighted by molar-refractivity contribution is 0.282. The maximum absolute atomic E-state index is 8.95. The van der Waals surface area contributed by atoms with E-state index in [2.05, 4.69) is 34.7 Å². The fourth-order valence-electron chi connectivity index (χ4n) is 1.32. The molecule has 0 atom stereocenters. The smallest absolute Gasteiger partial charge is 0.0681 e. The molecule has 0 aliphatic heterocycles. The van der Waals surface area contributed by atoms with Crippen LogP contribution in [0.3, 0.4) is 0 Å². The highest BCUT2D eigenvalue weighted by molar-refractivity contribution is 14.1. The summed E-state index contributed by atoms with van der Waals surface area (Å²) in [4.78, 5) is 2.46. The van der Waals surface area contributed by atoms with E-state index in [-0.39, 0.29) is 6.61 Å². The molecule has 0 aliphatic carbocycles. The van der Waals surface area contributed by atoms with Gasteiger partial charge in [-0.1, -0.05) is 36.0 Å². The van der Waals surface area contributed by atoms with E-state index < -0.39 is 0 Å². The van der Waals surface area contributed by atoms with E-state index in [1.54, 1.807) is 11.8 Å². The molecule has 0 heterocycles. The van der Waals surface area contributed by atoms with Crippen LogP contribution < -0.4 is 0 Å². The van der Waals surface area contributed by atoms with Gasteiger partial charge in [-0.05, 0) is 52.4 Å². The molecule has 0 saturated heterocycles. The van der Waals surface area contributed by atoms with Crippen LogP contribution in [0, 0.1) is 3.57 Å². The quantitative estimate of drug-likeness (QED) is 0.853. The first-order chi connectivity index (χ1) is 7.79. The standard InChI is InChI=1S/C13H11IOS/c14-12-3-1-2-4-13(12)16-11-7-5-10(9-15)6-8-11/h1-8,15H,9H2. The molecule has 0 unspecified atom stereocenters. The SMILES string of the molecule is OCc1ccc(Sc2ccccc2I)cc1. The van der Waals surface area contributed by atoms with Crippen molar-refractivity contribution < 1.29 is 5.11 Å². The molecule has 0 bridgehead atoms. The molecular formula is C13H11IOS. The van der Waals surface area contributed by atoms with Crippen molar-refractivity contribution in [3.05, 3.63) is 57.7 Å². The third kappa shape index (κ3) is 2.99. The Labute approximate surface area is 113 Å². The van der Waals surface area contributed by atoms with Crippen molar-refractivity contribution in [3.63, 3.8) is 0 Å². The third-order valence-electron chi connectivity index (χ3n) is 2.17. The molecule has 0 aromatic heterocycles. The Morgan fingerprint density at radius 1 is 1.00 bits per heavy atom. The summed E-state index contributed by atoms with van der Waals surface area (Å²) in [5.41, 5.74) is 0.951. The van der Waals surface area contributed by atoms with Gasteiger partial charge in [0.05, 0.1) is 6.61 Å². The number of aliphatic hydroxyl groups is 1. The molecular weight excluding hydrogens is 331 g/mol. The summed E-state index contributed by atoms with van der Waals surface area (Å²) in [6, 6.07) is 16.3. The van der Waals surface area contributed by atoms with Crippen LogP contribution in [0.4, 0.5) is 0 Å². The molecule has 2 aromatic rings. The van der Waals surface area contributed by atoms with Crippen LogP contribution in [0.1, 0.15) is 5.56 Å². The lowest BCUT2D eigenvalue weighted by Crippen LogP contribution is -1.82. The van der Waals surface area contributed by atoms with Gasteiger partial charge in [0, 0.05) is 13.4 Å². The Balaban J connectivity index is 2.18. The second-order valence-electron chi connectivity index (χ2n) is 3.33. The van der Waals surface area contributed by atoms with Crippen molar-refractivity contribution in [2.24, 2.45) is 0 Å². The van der Waals surface area contributed by atoms with Gasteiger partial charge >= 0.3 is 0 Å². The van der Waals surface area contributed by atoms with E-state index in [9.17, 15) is 0 Å². The van der Waals surface area contributed by atoms with Crippen LogP contribution in [0.5, 0.6) is 0 Å². The van der Waals surface area contributed by atoms with E-state index in [0.29, 0.717) is 0 Å². The number of hydrogen-bond acceptors (Lipinski definition) is 2. The summed E-state index contributed by atoms with van der Waals surface area (Å²) >= 11 is 4.08. The fourth-order valence-corrected chi connectivity index (χ4v) is 2.87. The van der Waals surface area contributed by atoms with Crippen molar-refractivity contribution >= 4 is 34.4 Å². The summed E-state index contributed by atoms with van der Waals surface area (Å²) < 4.78 is 1.26. The molecule has 0 spiro atoms. The Morgan fingerprint density at radius 2 is 1.69 bits per heavy atom. The van der Waals surface area contributed by atoms with Crippen LogP contribution >= 0.6 is 34.4 Å². The molecule has 3 heteroatoms. The molecule has 16 heavy (non-hydrogen) atoms. The number of hydrogen-bond donors (Lipinski definition) is 1. The lowest BCUT2D eigenvalue weighted by Gasteiger charge is -2.04. The maximum Gasteiger partial charge on any atom is 0.0681 e. The third-order valence-corrected chi connectivity index (χ3v) is 4.56. The Kier molecular flexibility index (Phi) is 4.26. The average Bonchev–Trinajstić information content (AvgIpc) is 2.33. The summed E-state index contributed by atoms with van der Waals surface area (Å²) in [7, 11) is 0. The summed E-state index contributed by atoms with van der Waals surface area (Å²) in [6.45, 7) is 0.105. The normalized spacial score (nSPS) is 10.4. The van der Waals surface area contributed by atoms with Gasteiger partial charge < -0.3 is 5.11 Å². The average molecular weight is 342 g/mol. The minimum Gasteiger partial charge on any atom is -0.392 e. The van der Waals surface area contributed by atoms with Crippen molar-refractivity contribution in [3.8, 4) is 0 Å². The van der Waals surface area contributed by atoms with E-state index in [0.717, 1.165) is 5.56 Å². The van der Waals surface area contributed by atoms with Crippen LogP contribution in [-0.4, -0.2) is 5.11 Å². The van der Waals surface area contributed by atoms with Crippen LogP contribution in [-0.2, 0) is 6.61 Å². The zero-order valence-corrected chi connectivity index (χ0v) is 11.5. The van der Waals surface area contributed by atoms with E-state index in [4.69, 9.17) is 5.11 Å². The minimum absolute atomic E-state index is 0.105. The van der Waals surface area contributed by atoms with Crippen molar-refractivity contribution in [1.29, 1.82) is 0 Å². The van der Waals surface area contributed by atoms with Gasteiger partial charge in [-0.2, -0.15) is 0 Å². The number of benzene rings is 2. The van der Waals surface area contributed by atoms with Gasteiger partial charge in [0.25, 0.3) is 0 Å². The summed E-state index contributed by atoms with van der Waals surface area (Å²) in [5.74, 6) is 0. The molecule has 1 N–H and O–H groups in total. The van der Waals surface area contributed by atoms with Crippen molar-refractivity contribution in [2.45, 2.75) is 16.4 Å². The molecule has 0 fully saturated rings. The highest BCUT2D eigenvalue weighted by Gasteiger charge is 2.01. The first-order valence-corrected chi connectivity index (χ1v) is 6.81. The highest BCUT2D eigenvalue weighted by atomic mass is 127. The van der Waals surface area contributed by atoms with Gasteiger partial charge in [0.2, 0.25) is 0 Å². The lowest BCUT2D eigenvalue weighted by atomic mass is 10.2. The number of aliphatic hydroxyl groups excluding tert-OH is 1. The van der Waals surface area contributed by atoms with Crippen LogP contribution in [0.25, 0.3) is 0 Å². The first-order valence-electron chi connectivity index (χ1n) is 4.92. The predicted octanol–water partition coefficient (Wildman–Crippen LogP) is 3.93. The monoisotopic (exact) mass is 342 g/mol. The zero-order valence-electron chi connectivity index (χ0n) is 8.56. The van der Waals surface area contributed by atoms with Crippen LogP contribution in [0.15, 0.2) is 58.3 Å². The second kappa shape index (κ2) is 5.70. The molecule has 82 valence electrons. The fraction of sp³-hybridized carbons (Fsp3) is 0.0769. The zero-order chi connectivity index (χ0) is 11.4. The number of halogens is 1. The van der Waals surface area contributed by atoms with Gasteiger partial charge in [0.1, 0.15) is 0 Å². The highest BCUT2D eigenvalue weighted by Crippen LogP contribution is 2.31. The summed E-state index contributed by atoms with van der Waals surface area (Å²) in [5, 5.41) is 8.95. The molecule has 1 nitrogen and oxygen atoms in total. The Hall–Kier alpha value is -0.520. The van der Waals surface area contributed by atoms with Gasteiger partial charge in [-0.15, -0.1) is 0 Å². The van der Waals surface area contributed by atoms with Gasteiger partial charge in [-0.25, -0.2) is 0 Å². The Morgan fingerprint density at radius 3 is 2.31 bits per heavy atom. The van der Waals surface area contributed by atoms with Crippen molar-refractivity contribution in [2.75, 3.05) is 0 Å². The van der Waals surface area contributed by atoms with E-state index >= 15 is 0 Å². The van der Waals surface area contributed by atoms with Gasteiger partial charge in [-0.3, -0.25) is 0 Å². The predicted molar refractivity (Wildman–Crippen MR) is 75.6 cm³/mol. The molecule has 0 amide bonds. The largest absolute Gasteiger partial charge is 0.392 e. The second-order valence-corrected chi connectivity index (χ2v) is 5.61. The van der Waals surface area contributed by atoms with Crippen molar-refractivity contribution in [1.82, 2.24) is 0 Å². The van der Waals surface area contributed by atoms with E-state index in [1.165, 1.54) is 13.4 Å². The van der Waals surface area contributed by atoms with E-state index in [1.807, 2.05) is 36.4 Å². The molecule has 2 rings (SSSR count).